The fourth-order valence-corrected chi connectivity index (χ4v) is 6.70. The predicted molar refractivity (Wildman–Crippen MR) is 187 cm³/mol. The maximum Gasteiger partial charge on any atom is 0.165 e. The Hall–Kier alpha value is -3.76. The molecule has 0 aliphatic carbocycles. The van der Waals surface area contributed by atoms with Gasteiger partial charge in [0.2, 0.25) is 0 Å². The summed E-state index contributed by atoms with van der Waals surface area (Å²) in [7, 11) is 0. The lowest BCUT2D eigenvalue weighted by Crippen LogP contribution is -2.34. The van der Waals surface area contributed by atoms with Crippen LogP contribution in [-0.2, 0) is 6.42 Å². The Morgan fingerprint density at radius 2 is 1.67 bits per heavy atom. The molecular formula is C41H50N2O2. The van der Waals surface area contributed by atoms with E-state index in [1.165, 1.54) is 44.5 Å². The number of aromatic nitrogens is 1. The number of carbonyl (C=O) groups is 1. The molecule has 0 bridgehead atoms. The number of hydrogen-bond acceptors (Lipinski definition) is 4. The van der Waals surface area contributed by atoms with Crippen molar-refractivity contribution in [1.82, 2.24) is 9.88 Å². The fourth-order valence-electron chi connectivity index (χ4n) is 6.70. The van der Waals surface area contributed by atoms with Gasteiger partial charge in [-0.2, -0.15) is 0 Å². The number of rotatable bonds is 12. The number of carbonyl (C=O) groups excluding carboxylic acids is 1. The molecule has 1 aliphatic rings. The highest BCUT2D eigenvalue weighted by molar-refractivity contribution is 5.99. The Kier molecular flexibility index (Phi) is 10.6. The number of pyridine rings is 1. The number of fused-ring (bicyclic) bond motifs is 1. The summed E-state index contributed by atoms with van der Waals surface area (Å²) >= 11 is 0. The number of hydrogen-bond donors (Lipinski definition) is 0. The zero-order chi connectivity index (χ0) is 32.1. The Balaban J connectivity index is 1.14. The van der Waals surface area contributed by atoms with E-state index in [-0.39, 0.29) is 11.7 Å². The van der Waals surface area contributed by atoms with Crippen molar-refractivity contribution in [2.45, 2.75) is 86.1 Å². The van der Waals surface area contributed by atoms with E-state index in [0.717, 1.165) is 55.6 Å². The Morgan fingerprint density at radius 1 is 0.889 bits per heavy atom. The smallest absolute Gasteiger partial charge is 0.165 e. The lowest BCUT2D eigenvalue weighted by molar-refractivity contribution is 0.0938. The maximum atomic E-state index is 12.5. The van der Waals surface area contributed by atoms with Gasteiger partial charge < -0.3 is 4.74 Å². The van der Waals surface area contributed by atoms with E-state index >= 15 is 0 Å². The van der Waals surface area contributed by atoms with Crippen LogP contribution in [0.3, 0.4) is 0 Å². The molecule has 1 atom stereocenters. The van der Waals surface area contributed by atoms with Gasteiger partial charge in [-0.3, -0.25) is 14.7 Å². The molecule has 1 aromatic heterocycles. The van der Waals surface area contributed by atoms with Gasteiger partial charge in [-0.1, -0.05) is 70.2 Å². The normalized spacial score (nSPS) is 15.0. The van der Waals surface area contributed by atoms with Gasteiger partial charge in [0.25, 0.3) is 0 Å². The van der Waals surface area contributed by atoms with Gasteiger partial charge >= 0.3 is 0 Å². The van der Waals surface area contributed by atoms with Crippen LogP contribution in [0.5, 0.6) is 5.75 Å². The third-order valence-electron chi connectivity index (χ3n) is 9.49. The lowest BCUT2D eigenvalue weighted by atomic mass is 9.88. The second-order valence-electron chi connectivity index (χ2n) is 13.4. The molecule has 0 N–H and O–H groups in total. The topological polar surface area (TPSA) is 42.4 Å². The van der Waals surface area contributed by atoms with Gasteiger partial charge in [-0.05, 0) is 122 Å². The van der Waals surface area contributed by atoms with Gasteiger partial charge in [0, 0.05) is 42.0 Å². The molecule has 4 aromatic rings. The van der Waals surface area contributed by atoms with E-state index in [1.54, 1.807) is 0 Å². The summed E-state index contributed by atoms with van der Waals surface area (Å²) < 4.78 is 6.02. The lowest BCUT2D eigenvalue weighted by Gasteiger charge is -2.35. The number of aryl methyl sites for hydroxylation is 2. The molecule has 4 nitrogen and oxygen atoms in total. The van der Waals surface area contributed by atoms with Gasteiger partial charge in [0.05, 0.1) is 6.61 Å². The minimum Gasteiger partial charge on any atom is -0.494 e. The van der Waals surface area contributed by atoms with Crippen molar-refractivity contribution in [3.05, 3.63) is 106 Å². The van der Waals surface area contributed by atoms with Crippen molar-refractivity contribution in [1.29, 1.82) is 0 Å². The molecule has 0 spiro atoms. The molecule has 0 radical (unpaired) electrons. The molecule has 236 valence electrons. The van der Waals surface area contributed by atoms with Crippen LogP contribution in [0.15, 0.2) is 73.1 Å². The van der Waals surface area contributed by atoms with Crippen LogP contribution in [0.4, 0.5) is 0 Å². The minimum absolute atomic E-state index is 0.0107. The Morgan fingerprint density at radius 3 is 2.42 bits per heavy atom. The van der Waals surface area contributed by atoms with Crippen LogP contribution in [0.2, 0.25) is 0 Å². The Labute approximate surface area is 270 Å². The molecule has 5 rings (SSSR count). The standard InChI is InChI=1S/C41H50N2O2/c1-27(2)36-17-19-42-26-40(36)37-15-12-32(23-30(37)6)33-13-16-38-31(7)43(21-18-34(38)24-33)20-9-8-10-22-45-35-14-11-29(5)39(25-35)41(44)28(3)4/h11-17,19,23-28,31H,8-10,18,20-22H2,1-7H3. The molecule has 0 saturated carbocycles. The largest absolute Gasteiger partial charge is 0.494 e. The van der Waals surface area contributed by atoms with E-state index in [9.17, 15) is 4.79 Å². The Bertz CT molecular complexity index is 1640. The van der Waals surface area contributed by atoms with Crippen LogP contribution in [0, 0.1) is 19.8 Å². The van der Waals surface area contributed by atoms with Gasteiger partial charge in [-0.15, -0.1) is 0 Å². The summed E-state index contributed by atoms with van der Waals surface area (Å²) in [6.07, 6.45) is 8.30. The molecule has 4 heteroatoms. The second kappa shape index (κ2) is 14.6. The molecule has 3 aromatic carbocycles. The SMILES string of the molecule is Cc1ccc(OCCCCCN2CCc3cc(-c4ccc(-c5cnccc5C(C)C)c(C)c4)ccc3C2C)cc1C(=O)C(C)C. The van der Waals surface area contributed by atoms with E-state index in [2.05, 4.69) is 80.0 Å². The third-order valence-corrected chi connectivity index (χ3v) is 9.49. The first-order valence-corrected chi connectivity index (χ1v) is 16.8. The van der Waals surface area contributed by atoms with Crippen LogP contribution in [0.1, 0.15) is 104 Å². The van der Waals surface area contributed by atoms with E-state index < -0.39 is 0 Å². The van der Waals surface area contributed by atoms with Crippen molar-refractivity contribution in [2.24, 2.45) is 5.92 Å². The van der Waals surface area contributed by atoms with Crippen molar-refractivity contribution < 1.29 is 9.53 Å². The number of benzene rings is 3. The summed E-state index contributed by atoms with van der Waals surface area (Å²) in [5, 5.41) is 0. The highest BCUT2D eigenvalue weighted by Crippen LogP contribution is 2.36. The van der Waals surface area contributed by atoms with Crippen LogP contribution >= 0.6 is 0 Å². The second-order valence-corrected chi connectivity index (χ2v) is 13.4. The average Bonchev–Trinajstić information content (AvgIpc) is 3.03. The molecule has 0 saturated heterocycles. The van der Waals surface area contributed by atoms with Crippen molar-refractivity contribution >= 4 is 5.78 Å². The summed E-state index contributed by atoms with van der Waals surface area (Å²) in [6.45, 7) is 17.8. The monoisotopic (exact) mass is 602 g/mol. The zero-order valence-electron chi connectivity index (χ0n) is 28.3. The molecule has 45 heavy (non-hydrogen) atoms. The highest BCUT2D eigenvalue weighted by Gasteiger charge is 2.24. The summed E-state index contributed by atoms with van der Waals surface area (Å²) in [5.74, 6) is 1.42. The average molecular weight is 603 g/mol. The van der Waals surface area contributed by atoms with Gasteiger partial charge in [0.1, 0.15) is 5.75 Å². The molecule has 2 heterocycles. The van der Waals surface area contributed by atoms with Crippen molar-refractivity contribution in [2.75, 3.05) is 19.7 Å². The van der Waals surface area contributed by atoms with Gasteiger partial charge in [0.15, 0.2) is 5.78 Å². The number of ether oxygens (including phenoxy) is 1. The molecule has 0 amide bonds. The van der Waals surface area contributed by atoms with E-state index in [0.29, 0.717) is 18.6 Å². The first-order valence-electron chi connectivity index (χ1n) is 16.8. The summed E-state index contributed by atoms with van der Waals surface area (Å²) in [5.41, 5.74) is 12.5. The first kappa shape index (κ1) is 32.6. The number of ketones is 1. The molecule has 1 unspecified atom stereocenters. The van der Waals surface area contributed by atoms with Crippen LogP contribution < -0.4 is 4.74 Å². The summed E-state index contributed by atoms with van der Waals surface area (Å²) in [4.78, 5) is 19.6. The van der Waals surface area contributed by atoms with Crippen LogP contribution in [-0.4, -0.2) is 35.4 Å². The minimum atomic E-state index is -0.0107. The van der Waals surface area contributed by atoms with Crippen molar-refractivity contribution in [3.63, 3.8) is 0 Å². The van der Waals surface area contributed by atoms with Crippen molar-refractivity contribution in [3.8, 4) is 28.0 Å². The summed E-state index contributed by atoms with van der Waals surface area (Å²) in [6, 6.07) is 22.4. The van der Waals surface area contributed by atoms with Crippen LogP contribution in [0.25, 0.3) is 22.3 Å². The molecule has 0 fully saturated rings. The molecule has 1 aliphatic heterocycles. The fraction of sp³-hybridized carbons (Fsp3) is 0.415. The van der Waals surface area contributed by atoms with Gasteiger partial charge in [-0.25, -0.2) is 0 Å². The zero-order valence-corrected chi connectivity index (χ0v) is 28.3. The maximum absolute atomic E-state index is 12.5. The molecular weight excluding hydrogens is 552 g/mol. The number of unbranched alkanes of at least 4 members (excludes halogenated alkanes) is 2. The van der Waals surface area contributed by atoms with E-state index in [1.807, 2.05) is 51.4 Å². The first-order chi connectivity index (χ1) is 21.6. The van der Waals surface area contributed by atoms with E-state index in [4.69, 9.17) is 4.74 Å². The number of Topliss-reactive ketones (excluding diaryl/α,β-unsaturated/α-hetero) is 1. The highest BCUT2D eigenvalue weighted by atomic mass is 16.5. The quantitative estimate of drug-likeness (QED) is 0.120. The predicted octanol–water partition coefficient (Wildman–Crippen LogP) is 10.2. The third kappa shape index (κ3) is 7.56. The number of nitrogens with zero attached hydrogens (tertiary/aromatic N) is 2.